The Bertz CT molecular complexity index is 927. The predicted octanol–water partition coefficient (Wildman–Crippen LogP) is 2.24. The van der Waals surface area contributed by atoms with Crippen LogP contribution < -0.4 is 15.0 Å². The number of aromatic nitrogens is 4. The summed E-state index contributed by atoms with van der Waals surface area (Å²) in [5, 5.41) is 4.51. The van der Waals surface area contributed by atoms with E-state index in [4.69, 9.17) is 9.47 Å². The summed E-state index contributed by atoms with van der Waals surface area (Å²) in [6, 6.07) is 5.71. The van der Waals surface area contributed by atoms with E-state index >= 15 is 0 Å². The largest absolute Gasteiger partial charge is 0.493 e. The Balaban J connectivity index is 2.11. The fourth-order valence-electron chi connectivity index (χ4n) is 2.56. The number of hydrogen-bond donors (Lipinski definition) is 0. The minimum absolute atomic E-state index is 0.186. The Morgan fingerprint density at radius 3 is 2.50 bits per heavy atom. The van der Waals surface area contributed by atoms with E-state index in [9.17, 15) is 4.79 Å². The zero-order valence-corrected chi connectivity index (χ0v) is 14.2. The maximum atomic E-state index is 12.3. The number of methoxy groups -OCH3 is 2. The van der Waals surface area contributed by atoms with Gasteiger partial charge >= 0.3 is 0 Å². The van der Waals surface area contributed by atoms with Gasteiger partial charge in [-0.15, -0.1) is 0 Å². The zero-order chi connectivity index (χ0) is 17.3. The number of ether oxygens (including phenoxy) is 2. The topological polar surface area (TPSA) is 71.2 Å². The SMILES string of the molecule is COc1cc2ncc(=O)n(Cc3ccn(C(C)C)n3)c2cc1OC. The fraction of sp³-hybridized carbons (Fsp3) is 0.353. The first-order valence-electron chi connectivity index (χ1n) is 7.69. The Hall–Kier alpha value is -2.83. The number of hydrogen-bond acceptors (Lipinski definition) is 5. The number of fused-ring (bicyclic) bond motifs is 1. The molecule has 0 atom stereocenters. The molecule has 0 aliphatic rings. The van der Waals surface area contributed by atoms with Crippen LogP contribution in [0.5, 0.6) is 11.5 Å². The van der Waals surface area contributed by atoms with Crippen LogP contribution in [0.4, 0.5) is 0 Å². The van der Waals surface area contributed by atoms with E-state index in [1.807, 2.05) is 16.9 Å². The molecule has 0 fully saturated rings. The molecule has 0 radical (unpaired) electrons. The Labute approximate surface area is 139 Å². The van der Waals surface area contributed by atoms with E-state index in [1.165, 1.54) is 6.20 Å². The molecule has 3 aromatic rings. The van der Waals surface area contributed by atoms with Crippen molar-refractivity contribution in [3.05, 3.63) is 46.6 Å². The van der Waals surface area contributed by atoms with Crippen molar-refractivity contribution in [2.75, 3.05) is 14.2 Å². The standard InChI is InChI=1S/C17H20N4O3/c1-11(2)21-6-5-12(19-21)10-20-14-8-16(24-4)15(23-3)7-13(14)18-9-17(20)22/h5-9,11H,10H2,1-4H3. The molecule has 0 aliphatic carbocycles. The number of benzene rings is 1. The van der Waals surface area contributed by atoms with Crippen LogP contribution in [0, 0.1) is 0 Å². The van der Waals surface area contributed by atoms with Gasteiger partial charge in [-0.3, -0.25) is 14.0 Å². The van der Waals surface area contributed by atoms with Gasteiger partial charge in [0.2, 0.25) is 0 Å². The summed E-state index contributed by atoms with van der Waals surface area (Å²) in [4.78, 5) is 16.5. The van der Waals surface area contributed by atoms with E-state index in [0.29, 0.717) is 29.1 Å². The molecule has 0 saturated heterocycles. The second-order valence-corrected chi connectivity index (χ2v) is 5.76. The highest BCUT2D eigenvalue weighted by atomic mass is 16.5. The van der Waals surface area contributed by atoms with Gasteiger partial charge in [0.15, 0.2) is 11.5 Å². The molecule has 0 N–H and O–H groups in total. The van der Waals surface area contributed by atoms with Crippen LogP contribution in [0.25, 0.3) is 11.0 Å². The minimum Gasteiger partial charge on any atom is -0.493 e. The molecular formula is C17H20N4O3. The summed E-state index contributed by atoms with van der Waals surface area (Å²) in [6.45, 7) is 4.48. The van der Waals surface area contributed by atoms with Crippen molar-refractivity contribution >= 4 is 11.0 Å². The van der Waals surface area contributed by atoms with Crippen molar-refractivity contribution in [2.45, 2.75) is 26.4 Å². The Kier molecular flexibility index (Phi) is 4.24. The third-order valence-electron chi connectivity index (χ3n) is 3.86. The summed E-state index contributed by atoms with van der Waals surface area (Å²) < 4.78 is 14.1. The molecule has 7 nitrogen and oxygen atoms in total. The average molecular weight is 328 g/mol. The monoisotopic (exact) mass is 328 g/mol. The summed E-state index contributed by atoms with van der Waals surface area (Å²) in [5.74, 6) is 1.13. The average Bonchev–Trinajstić information content (AvgIpc) is 3.05. The van der Waals surface area contributed by atoms with Crippen molar-refractivity contribution in [3.63, 3.8) is 0 Å². The lowest BCUT2D eigenvalue weighted by Gasteiger charge is -2.12. The van der Waals surface area contributed by atoms with Crippen LogP contribution in [0.15, 0.2) is 35.4 Å². The van der Waals surface area contributed by atoms with Crippen molar-refractivity contribution in [1.82, 2.24) is 19.3 Å². The summed E-state index contributed by atoms with van der Waals surface area (Å²) >= 11 is 0. The van der Waals surface area contributed by atoms with Gasteiger partial charge in [-0.1, -0.05) is 0 Å². The molecule has 126 valence electrons. The Morgan fingerprint density at radius 1 is 1.17 bits per heavy atom. The third kappa shape index (κ3) is 2.84. The van der Waals surface area contributed by atoms with Gasteiger partial charge in [0.05, 0.1) is 43.7 Å². The molecule has 24 heavy (non-hydrogen) atoms. The van der Waals surface area contributed by atoms with E-state index in [0.717, 1.165) is 5.69 Å². The molecular weight excluding hydrogens is 308 g/mol. The van der Waals surface area contributed by atoms with Crippen LogP contribution in [-0.2, 0) is 6.54 Å². The molecule has 0 unspecified atom stereocenters. The first-order valence-corrected chi connectivity index (χ1v) is 7.69. The minimum atomic E-state index is -0.186. The van der Waals surface area contributed by atoms with E-state index in [1.54, 1.807) is 30.9 Å². The van der Waals surface area contributed by atoms with Crippen LogP contribution in [0.2, 0.25) is 0 Å². The molecule has 0 spiro atoms. The molecule has 7 heteroatoms. The van der Waals surface area contributed by atoms with Crippen molar-refractivity contribution in [1.29, 1.82) is 0 Å². The molecule has 3 rings (SSSR count). The second kappa shape index (κ2) is 6.35. The second-order valence-electron chi connectivity index (χ2n) is 5.76. The van der Waals surface area contributed by atoms with E-state index < -0.39 is 0 Å². The van der Waals surface area contributed by atoms with Crippen molar-refractivity contribution < 1.29 is 9.47 Å². The number of nitrogens with zero attached hydrogens (tertiary/aromatic N) is 4. The smallest absolute Gasteiger partial charge is 0.269 e. The molecule has 2 aromatic heterocycles. The lowest BCUT2D eigenvalue weighted by atomic mass is 10.2. The van der Waals surface area contributed by atoms with E-state index in [2.05, 4.69) is 23.9 Å². The van der Waals surface area contributed by atoms with Crippen molar-refractivity contribution in [3.8, 4) is 11.5 Å². The molecule has 0 aliphatic heterocycles. The molecule has 0 bridgehead atoms. The van der Waals surface area contributed by atoms with Crippen LogP contribution in [0.3, 0.4) is 0 Å². The van der Waals surface area contributed by atoms with Gasteiger partial charge in [-0.05, 0) is 19.9 Å². The maximum absolute atomic E-state index is 12.3. The Morgan fingerprint density at radius 2 is 1.88 bits per heavy atom. The molecule has 0 amide bonds. The maximum Gasteiger partial charge on any atom is 0.269 e. The normalized spacial score (nSPS) is 11.2. The lowest BCUT2D eigenvalue weighted by Crippen LogP contribution is -2.21. The molecule has 0 saturated carbocycles. The van der Waals surface area contributed by atoms with Crippen molar-refractivity contribution in [2.24, 2.45) is 0 Å². The van der Waals surface area contributed by atoms with E-state index in [-0.39, 0.29) is 11.6 Å². The summed E-state index contributed by atoms with van der Waals surface area (Å²) in [6.07, 6.45) is 3.23. The third-order valence-corrected chi connectivity index (χ3v) is 3.86. The first-order chi connectivity index (χ1) is 11.5. The highest BCUT2D eigenvalue weighted by molar-refractivity contribution is 5.79. The van der Waals surface area contributed by atoms with Gasteiger partial charge in [-0.25, -0.2) is 4.98 Å². The van der Waals surface area contributed by atoms with Gasteiger partial charge in [0.25, 0.3) is 5.56 Å². The summed E-state index contributed by atoms with van der Waals surface area (Å²) in [5.41, 5.74) is 1.97. The zero-order valence-electron chi connectivity index (χ0n) is 14.2. The quantitative estimate of drug-likeness (QED) is 0.718. The van der Waals surface area contributed by atoms with Gasteiger partial charge in [0.1, 0.15) is 0 Å². The van der Waals surface area contributed by atoms with Crippen LogP contribution in [0.1, 0.15) is 25.6 Å². The highest BCUT2D eigenvalue weighted by Gasteiger charge is 2.12. The van der Waals surface area contributed by atoms with Crippen LogP contribution in [-0.4, -0.2) is 33.6 Å². The van der Waals surface area contributed by atoms with Gasteiger partial charge < -0.3 is 9.47 Å². The predicted molar refractivity (Wildman–Crippen MR) is 90.8 cm³/mol. The highest BCUT2D eigenvalue weighted by Crippen LogP contribution is 2.30. The fourth-order valence-corrected chi connectivity index (χ4v) is 2.56. The summed E-state index contributed by atoms with van der Waals surface area (Å²) in [7, 11) is 3.13. The van der Waals surface area contributed by atoms with Gasteiger partial charge in [-0.2, -0.15) is 5.10 Å². The molecule has 1 aromatic carbocycles. The van der Waals surface area contributed by atoms with Crippen LogP contribution >= 0.6 is 0 Å². The lowest BCUT2D eigenvalue weighted by molar-refractivity contribution is 0.355. The first kappa shape index (κ1) is 16.0. The molecule has 2 heterocycles. The van der Waals surface area contributed by atoms with Gasteiger partial charge in [0, 0.05) is 24.4 Å². The number of rotatable bonds is 5.